The van der Waals surface area contributed by atoms with Gasteiger partial charge in [-0.2, -0.15) is 0 Å². The zero-order chi connectivity index (χ0) is 17.1. The molecule has 24 heavy (non-hydrogen) atoms. The van der Waals surface area contributed by atoms with E-state index in [0.29, 0.717) is 16.7 Å². The molecule has 126 valence electrons. The van der Waals surface area contributed by atoms with Crippen LogP contribution in [0.1, 0.15) is 19.5 Å². The average molecular weight is 362 g/mol. The van der Waals surface area contributed by atoms with Gasteiger partial charge in [0.25, 0.3) is 5.56 Å². The second-order valence-electron chi connectivity index (χ2n) is 5.26. The molecule has 1 aliphatic heterocycles. The van der Waals surface area contributed by atoms with E-state index in [-0.39, 0.29) is 11.5 Å². The summed E-state index contributed by atoms with van der Waals surface area (Å²) in [4.78, 5) is 30.3. The third kappa shape index (κ3) is 3.37. The fraction of sp³-hybridized carbons (Fsp3) is 0.353. The smallest absolute Gasteiger partial charge is 0.319 e. The quantitative estimate of drug-likeness (QED) is 0.463. The second kappa shape index (κ2) is 7.44. The van der Waals surface area contributed by atoms with Crippen molar-refractivity contribution in [2.45, 2.75) is 35.6 Å². The predicted octanol–water partition coefficient (Wildman–Crippen LogP) is 2.92. The van der Waals surface area contributed by atoms with Crippen LogP contribution in [0.5, 0.6) is 0 Å². The normalized spacial score (nSPS) is 14.2. The van der Waals surface area contributed by atoms with Crippen molar-refractivity contribution in [1.29, 1.82) is 0 Å². The molecule has 1 aromatic carbocycles. The van der Waals surface area contributed by atoms with Gasteiger partial charge < -0.3 is 4.74 Å². The van der Waals surface area contributed by atoms with Crippen LogP contribution in [0.25, 0.3) is 5.69 Å². The molecule has 3 rings (SSSR count). The molecule has 1 atom stereocenters. The molecule has 0 N–H and O–H groups in total. The number of thioether (sulfide) groups is 2. The van der Waals surface area contributed by atoms with Gasteiger partial charge in [-0.3, -0.25) is 14.2 Å². The summed E-state index contributed by atoms with van der Waals surface area (Å²) < 4.78 is 6.66. The number of para-hydroxylation sites is 1. The Labute approximate surface area is 148 Å². The minimum Gasteiger partial charge on any atom is -0.465 e. The van der Waals surface area contributed by atoms with E-state index in [0.717, 1.165) is 23.6 Å². The third-order valence-electron chi connectivity index (χ3n) is 3.58. The molecule has 7 heteroatoms. The van der Waals surface area contributed by atoms with E-state index in [1.54, 1.807) is 30.2 Å². The number of aryl methyl sites for hydroxylation is 1. The van der Waals surface area contributed by atoms with Crippen molar-refractivity contribution in [2.75, 3.05) is 12.4 Å². The molecule has 1 aromatic heterocycles. The van der Waals surface area contributed by atoms with E-state index in [9.17, 15) is 9.59 Å². The Balaban J connectivity index is 2.06. The lowest BCUT2D eigenvalue weighted by Gasteiger charge is -2.16. The Morgan fingerprint density at radius 1 is 1.42 bits per heavy atom. The van der Waals surface area contributed by atoms with E-state index in [4.69, 9.17) is 4.74 Å². The van der Waals surface area contributed by atoms with Crippen molar-refractivity contribution in [3.63, 3.8) is 0 Å². The minimum atomic E-state index is -0.432. The van der Waals surface area contributed by atoms with Gasteiger partial charge in [-0.25, -0.2) is 4.98 Å². The predicted molar refractivity (Wildman–Crippen MR) is 96.2 cm³/mol. The van der Waals surface area contributed by atoms with Gasteiger partial charge in [0.15, 0.2) is 5.16 Å². The van der Waals surface area contributed by atoms with Crippen LogP contribution in [0.15, 0.2) is 45.2 Å². The van der Waals surface area contributed by atoms with E-state index >= 15 is 0 Å². The maximum absolute atomic E-state index is 12.9. The van der Waals surface area contributed by atoms with E-state index in [1.807, 2.05) is 30.3 Å². The molecule has 0 fully saturated rings. The van der Waals surface area contributed by atoms with Crippen molar-refractivity contribution in [2.24, 2.45) is 0 Å². The highest BCUT2D eigenvalue weighted by Gasteiger charge is 2.25. The van der Waals surface area contributed by atoms with Crippen molar-refractivity contribution in [3.8, 4) is 5.69 Å². The molecule has 0 aliphatic carbocycles. The highest BCUT2D eigenvalue weighted by Crippen LogP contribution is 2.31. The van der Waals surface area contributed by atoms with Crippen LogP contribution in [0.4, 0.5) is 0 Å². The van der Waals surface area contributed by atoms with Gasteiger partial charge in [-0.05, 0) is 26.0 Å². The number of carbonyl (C=O) groups excluding carboxylic acids is 1. The molecule has 0 bridgehead atoms. The Morgan fingerprint density at radius 2 is 2.17 bits per heavy atom. The Bertz CT molecular complexity index is 805. The summed E-state index contributed by atoms with van der Waals surface area (Å²) in [5.74, 6) is 0.569. The van der Waals surface area contributed by atoms with Crippen LogP contribution < -0.4 is 5.56 Å². The number of ether oxygens (including phenoxy) is 1. The number of aromatic nitrogens is 2. The summed E-state index contributed by atoms with van der Waals surface area (Å²) in [7, 11) is 0. The highest BCUT2D eigenvalue weighted by molar-refractivity contribution is 8.00. The standard InChI is InChI=1S/C17H18N2O3S2/c1-3-22-16(21)11(2)24-17-18-13-9-10-23-14(13)15(20)19(17)12-7-5-4-6-8-12/h4-8,11H,3,9-10H2,1-2H3/t11-/m1/s1. The fourth-order valence-electron chi connectivity index (χ4n) is 2.44. The van der Waals surface area contributed by atoms with Crippen molar-refractivity contribution in [1.82, 2.24) is 9.55 Å². The number of benzene rings is 1. The van der Waals surface area contributed by atoms with E-state index in [2.05, 4.69) is 4.98 Å². The van der Waals surface area contributed by atoms with Crippen LogP contribution in [-0.2, 0) is 16.0 Å². The lowest BCUT2D eigenvalue weighted by atomic mass is 10.3. The molecule has 1 aliphatic rings. The van der Waals surface area contributed by atoms with E-state index < -0.39 is 5.25 Å². The molecule has 0 saturated heterocycles. The Hall–Kier alpha value is -1.73. The van der Waals surface area contributed by atoms with Crippen LogP contribution in [0.3, 0.4) is 0 Å². The third-order valence-corrected chi connectivity index (χ3v) is 5.72. The zero-order valence-corrected chi connectivity index (χ0v) is 15.2. The van der Waals surface area contributed by atoms with Gasteiger partial charge in [0.05, 0.1) is 22.9 Å². The topological polar surface area (TPSA) is 61.2 Å². The summed E-state index contributed by atoms with van der Waals surface area (Å²) in [5, 5.41) is 0.104. The first kappa shape index (κ1) is 17.1. The van der Waals surface area contributed by atoms with Gasteiger partial charge in [-0.15, -0.1) is 11.8 Å². The molecule has 0 saturated carbocycles. The number of carbonyl (C=O) groups is 1. The average Bonchev–Trinajstić information content (AvgIpc) is 3.05. The highest BCUT2D eigenvalue weighted by atomic mass is 32.2. The van der Waals surface area contributed by atoms with Gasteiger partial charge in [0.2, 0.25) is 0 Å². The Kier molecular flexibility index (Phi) is 5.30. The first-order valence-corrected chi connectivity index (χ1v) is 9.65. The summed E-state index contributed by atoms with van der Waals surface area (Å²) in [6.07, 6.45) is 0.784. The summed E-state index contributed by atoms with van der Waals surface area (Å²) in [6, 6.07) is 9.40. The van der Waals surface area contributed by atoms with Gasteiger partial charge in [0, 0.05) is 12.2 Å². The van der Waals surface area contributed by atoms with Gasteiger partial charge >= 0.3 is 5.97 Å². The first-order chi connectivity index (χ1) is 11.6. The summed E-state index contributed by atoms with van der Waals surface area (Å²) >= 11 is 2.81. The van der Waals surface area contributed by atoms with Crippen LogP contribution in [-0.4, -0.2) is 33.1 Å². The summed E-state index contributed by atoms with van der Waals surface area (Å²) in [5.41, 5.74) is 1.52. The number of rotatable bonds is 5. The van der Waals surface area contributed by atoms with Crippen LogP contribution in [0, 0.1) is 0 Å². The number of hydrogen-bond acceptors (Lipinski definition) is 6. The van der Waals surface area contributed by atoms with Gasteiger partial charge in [0.1, 0.15) is 5.25 Å². The lowest BCUT2D eigenvalue weighted by Crippen LogP contribution is -2.25. The zero-order valence-electron chi connectivity index (χ0n) is 13.5. The fourth-order valence-corrected chi connectivity index (χ4v) is 4.41. The molecule has 5 nitrogen and oxygen atoms in total. The van der Waals surface area contributed by atoms with Crippen LogP contribution >= 0.6 is 23.5 Å². The number of nitrogens with zero attached hydrogens (tertiary/aromatic N) is 2. The monoisotopic (exact) mass is 362 g/mol. The Morgan fingerprint density at radius 3 is 2.88 bits per heavy atom. The van der Waals surface area contributed by atoms with Crippen LogP contribution in [0.2, 0.25) is 0 Å². The second-order valence-corrected chi connectivity index (χ2v) is 7.67. The molecule has 0 amide bonds. The maximum atomic E-state index is 12.9. The van der Waals surface area contributed by atoms with Gasteiger partial charge in [-0.1, -0.05) is 30.0 Å². The molecule has 0 spiro atoms. The number of fused-ring (bicyclic) bond motifs is 1. The minimum absolute atomic E-state index is 0.0627. The lowest BCUT2D eigenvalue weighted by molar-refractivity contribution is -0.142. The van der Waals surface area contributed by atoms with E-state index in [1.165, 1.54) is 11.8 Å². The van der Waals surface area contributed by atoms with Crippen molar-refractivity contribution >= 4 is 29.5 Å². The molecule has 0 radical (unpaired) electrons. The largest absolute Gasteiger partial charge is 0.465 e. The molecular formula is C17H18N2O3S2. The van der Waals surface area contributed by atoms with Crippen molar-refractivity contribution in [3.05, 3.63) is 46.4 Å². The number of esters is 1. The molecule has 2 aromatic rings. The molecule has 2 heterocycles. The van der Waals surface area contributed by atoms with Crippen molar-refractivity contribution < 1.29 is 9.53 Å². The molecule has 0 unspecified atom stereocenters. The maximum Gasteiger partial charge on any atom is 0.319 e. The number of hydrogen-bond donors (Lipinski definition) is 0. The first-order valence-electron chi connectivity index (χ1n) is 7.79. The molecular weight excluding hydrogens is 344 g/mol. The summed E-state index contributed by atoms with van der Waals surface area (Å²) in [6.45, 7) is 3.88. The SMILES string of the molecule is CCOC(=O)[C@@H](C)Sc1nc2c(c(=O)n1-c1ccccc1)SCC2.